The lowest BCUT2D eigenvalue weighted by Crippen LogP contribution is -2.38. The van der Waals surface area contributed by atoms with Crippen molar-refractivity contribution in [1.82, 2.24) is 4.90 Å². The predicted octanol–water partition coefficient (Wildman–Crippen LogP) is 3.18. The van der Waals surface area contributed by atoms with Gasteiger partial charge in [0.2, 0.25) is 0 Å². The van der Waals surface area contributed by atoms with Gasteiger partial charge in [-0.05, 0) is 50.7 Å². The van der Waals surface area contributed by atoms with Crippen molar-refractivity contribution in [2.45, 2.75) is 25.8 Å². The molecule has 1 aromatic carbocycles. The topological polar surface area (TPSA) is 30.3 Å². The first-order chi connectivity index (χ1) is 9.11. The molecule has 0 bridgehead atoms. The molecule has 0 amide bonds. The van der Waals surface area contributed by atoms with Crippen LogP contribution in [0.5, 0.6) is 0 Å². The summed E-state index contributed by atoms with van der Waals surface area (Å²) in [6.45, 7) is 5.22. The van der Waals surface area contributed by atoms with Gasteiger partial charge in [0.15, 0.2) is 0 Å². The van der Waals surface area contributed by atoms with Crippen LogP contribution in [0.3, 0.4) is 0 Å². The van der Waals surface area contributed by atoms with Crippen LogP contribution in [0.15, 0.2) is 22.7 Å². The van der Waals surface area contributed by atoms with Crippen LogP contribution in [0.25, 0.3) is 0 Å². The minimum Gasteiger partial charge on any atom is -0.370 e. The highest BCUT2D eigenvalue weighted by Crippen LogP contribution is 2.26. The molecular weight excluding hydrogens is 302 g/mol. The van der Waals surface area contributed by atoms with E-state index in [1.54, 1.807) is 0 Å². The molecule has 0 spiro atoms. The Morgan fingerprint density at radius 2 is 2.21 bits per heavy atom. The zero-order valence-electron chi connectivity index (χ0n) is 11.6. The zero-order chi connectivity index (χ0) is 13.8. The smallest absolute Gasteiger partial charge is 0.0638 e. The van der Waals surface area contributed by atoms with Crippen LogP contribution >= 0.6 is 15.9 Å². The van der Waals surface area contributed by atoms with E-state index >= 15 is 0 Å². The number of hydrogen-bond acceptors (Lipinski definition) is 3. The van der Waals surface area contributed by atoms with Crippen molar-refractivity contribution >= 4 is 21.6 Å². The van der Waals surface area contributed by atoms with E-state index < -0.39 is 0 Å². The van der Waals surface area contributed by atoms with Gasteiger partial charge >= 0.3 is 0 Å². The maximum atomic E-state index is 8.97. The third kappa shape index (κ3) is 3.49. The molecule has 1 heterocycles. The second-order valence-electron chi connectivity index (χ2n) is 5.23. The molecule has 4 heteroatoms. The Kier molecular flexibility index (Phi) is 4.84. The van der Waals surface area contributed by atoms with Crippen molar-refractivity contribution in [3.63, 3.8) is 0 Å². The van der Waals surface area contributed by atoms with Gasteiger partial charge in [0.25, 0.3) is 0 Å². The number of anilines is 1. The van der Waals surface area contributed by atoms with E-state index in [1.807, 2.05) is 0 Å². The summed E-state index contributed by atoms with van der Waals surface area (Å²) in [7, 11) is 2.12. The monoisotopic (exact) mass is 321 g/mol. The largest absolute Gasteiger partial charge is 0.370 e. The average Bonchev–Trinajstić information content (AvgIpc) is 2.53. The maximum absolute atomic E-state index is 8.97. The van der Waals surface area contributed by atoms with Gasteiger partial charge in [0.1, 0.15) is 0 Å². The molecule has 1 atom stereocenters. The molecule has 2 rings (SSSR count). The Bertz CT molecular complexity index is 481. The van der Waals surface area contributed by atoms with E-state index in [2.05, 4.69) is 64.0 Å². The first-order valence-corrected chi connectivity index (χ1v) is 7.49. The van der Waals surface area contributed by atoms with E-state index in [9.17, 15) is 0 Å². The fraction of sp³-hybridized carbons (Fsp3) is 0.533. The molecule has 102 valence electrons. The summed E-state index contributed by atoms with van der Waals surface area (Å²) in [5, 5.41) is 8.97. The number of hydrogen-bond donors (Lipinski definition) is 0. The molecule has 0 aromatic heterocycles. The van der Waals surface area contributed by atoms with Crippen LogP contribution in [0.1, 0.15) is 18.4 Å². The van der Waals surface area contributed by atoms with Gasteiger partial charge in [-0.2, -0.15) is 5.26 Å². The lowest BCUT2D eigenvalue weighted by atomic mass is 10.1. The Morgan fingerprint density at radius 3 is 2.89 bits per heavy atom. The summed E-state index contributed by atoms with van der Waals surface area (Å²) in [4.78, 5) is 4.74. The second-order valence-corrected chi connectivity index (χ2v) is 6.14. The molecular formula is C15H20BrN3. The highest BCUT2D eigenvalue weighted by atomic mass is 79.9. The van der Waals surface area contributed by atoms with E-state index in [0.29, 0.717) is 12.5 Å². The molecule has 1 aliphatic rings. The standard InChI is InChI=1S/C15H20BrN3/c1-12-10-13(16)4-5-15(12)19-9-3-8-18(2)14(11-19)6-7-17/h4-5,10,14H,3,6,8-9,11H2,1-2H3. The third-order valence-electron chi connectivity index (χ3n) is 3.82. The highest BCUT2D eigenvalue weighted by Gasteiger charge is 2.23. The third-order valence-corrected chi connectivity index (χ3v) is 4.31. The Balaban J connectivity index is 2.21. The fourth-order valence-electron chi connectivity index (χ4n) is 2.70. The SMILES string of the molecule is Cc1cc(Br)ccc1N1CCCN(C)C(CC#N)C1. The van der Waals surface area contributed by atoms with Gasteiger partial charge in [0, 0.05) is 29.3 Å². The van der Waals surface area contributed by atoms with Crippen LogP contribution < -0.4 is 4.90 Å². The van der Waals surface area contributed by atoms with Gasteiger partial charge < -0.3 is 9.80 Å². The highest BCUT2D eigenvalue weighted by molar-refractivity contribution is 9.10. The van der Waals surface area contributed by atoms with Crippen molar-refractivity contribution in [3.05, 3.63) is 28.2 Å². The summed E-state index contributed by atoms with van der Waals surface area (Å²) in [5.74, 6) is 0. The van der Waals surface area contributed by atoms with Crippen LogP contribution in [-0.4, -0.2) is 37.6 Å². The lowest BCUT2D eigenvalue weighted by molar-refractivity contribution is 0.264. The van der Waals surface area contributed by atoms with Crippen molar-refractivity contribution in [1.29, 1.82) is 5.26 Å². The summed E-state index contributed by atoms with van der Waals surface area (Å²) in [6.07, 6.45) is 1.75. The van der Waals surface area contributed by atoms with E-state index in [-0.39, 0.29) is 0 Å². The number of benzene rings is 1. The first kappa shape index (κ1) is 14.4. The summed E-state index contributed by atoms with van der Waals surface area (Å²) >= 11 is 3.51. The molecule has 3 nitrogen and oxygen atoms in total. The van der Waals surface area contributed by atoms with E-state index in [1.165, 1.54) is 11.3 Å². The number of nitriles is 1. The number of aryl methyl sites for hydroxylation is 1. The number of rotatable bonds is 2. The Labute approximate surface area is 123 Å². The minimum atomic E-state index is 0.329. The molecule has 1 saturated heterocycles. The van der Waals surface area contributed by atoms with Gasteiger partial charge in [0.05, 0.1) is 12.5 Å². The molecule has 0 N–H and O–H groups in total. The molecule has 1 unspecified atom stereocenters. The summed E-state index contributed by atoms with van der Waals surface area (Å²) in [6, 6.07) is 9.07. The van der Waals surface area contributed by atoms with Crippen LogP contribution in [0, 0.1) is 18.3 Å². The van der Waals surface area contributed by atoms with E-state index in [0.717, 1.165) is 30.5 Å². The van der Waals surface area contributed by atoms with Crippen molar-refractivity contribution in [3.8, 4) is 6.07 Å². The molecule has 1 aromatic rings. The van der Waals surface area contributed by atoms with Crippen molar-refractivity contribution < 1.29 is 0 Å². The Morgan fingerprint density at radius 1 is 1.42 bits per heavy atom. The van der Waals surface area contributed by atoms with Crippen LogP contribution in [-0.2, 0) is 0 Å². The normalized spacial score (nSPS) is 20.9. The second kappa shape index (κ2) is 6.40. The van der Waals surface area contributed by atoms with Crippen LogP contribution in [0.4, 0.5) is 5.69 Å². The molecule has 0 radical (unpaired) electrons. The lowest BCUT2D eigenvalue weighted by Gasteiger charge is -2.29. The molecule has 19 heavy (non-hydrogen) atoms. The summed E-state index contributed by atoms with van der Waals surface area (Å²) < 4.78 is 1.12. The van der Waals surface area contributed by atoms with E-state index in [4.69, 9.17) is 5.26 Å². The summed E-state index contributed by atoms with van der Waals surface area (Å²) in [5.41, 5.74) is 2.58. The average molecular weight is 322 g/mol. The van der Waals surface area contributed by atoms with Crippen molar-refractivity contribution in [2.24, 2.45) is 0 Å². The molecule has 1 fully saturated rings. The van der Waals surface area contributed by atoms with Gasteiger partial charge in [-0.3, -0.25) is 0 Å². The van der Waals surface area contributed by atoms with Crippen LogP contribution in [0.2, 0.25) is 0 Å². The van der Waals surface area contributed by atoms with Gasteiger partial charge in [-0.15, -0.1) is 0 Å². The fourth-order valence-corrected chi connectivity index (χ4v) is 3.17. The maximum Gasteiger partial charge on any atom is 0.0638 e. The number of halogens is 1. The zero-order valence-corrected chi connectivity index (χ0v) is 13.2. The minimum absolute atomic E-state index is 0.329. The number of likely N-dealkylation sites (N-methyl/N-ethyl adjacent to an activating group) is 1. The van der Waals surface area contributed by atoms with Crippen molar-refractivity contribution in [2.75, 3.05) is 31.6 Å². The number of nitrogens with zero attached hydrogens (tertiary/aromatic N) is 3. The van der Waals surface area contributed by atoms with Gasteiger partial charge in [-0.25, -0.2) is 0 Å². The molecule has 0 saturated carbocycles. The van der Waals surface area contributed by atoms with Gasteiger partial charge in [-0.1, -0.05) is 15.9 Å². The quantitative estimate of drug-likeness (QED) is 0.838. The first-order valence-electron chi connectivity index (χ1n) is 6.70. The predicted molar refractivity (Wildman–Crippen MR) is 82.4 cm³/mol. The molecule has 0 aliphatic carbocycles. The Hall–Kier alpha value is -1.05. The molecule has 1 aliphatic heterocycles.